The minimum absolute atomic E-state index is 0.0811. The van der Waals surface area contributed by atoms with Crippen LogP contribution in [0.1, 0.15) is 57.2 Å². The maximum Gasteiger partial charge on any atom is 0.124 e. The van der Waals surface area contributed by atoms with Crippen LogP contribution in [-0.2, 0) is 0 Å². The Morgan fingerprint density at radius 2 is 1.52 bits per heavy atom. The summed E-state index contributed by atoms with van der Waals surface area (Å²) in [7, 11) is 0. The van der Waals surface area contributed by atoms with Gasteiger partial charge < -0.3 is 5.32 Å². The first-order chi connectivity index (χ1) is 12.1. The van der Waals surface area contributed by atoms with E-state index in [2.05, 4.69) is 49.5 Å². The molecule has 0 saturated heterocycles. The third-order valence-corrected chi connectivity index (χ3v) is 3.91. The van der Waals surface area contributed by atoms with Crippen LogP contribution >= 0.6 is 0 Å². The third-order valence-electron chi connectivity index (χ3n) is 3.91. The third kappa shape index (κ3) is 5.74. The monoisotopic (exact) mass is 341 g/mol. The van der Waals surface area contributed by atoms with Crippen molar-refractivity contribution >= 4 is 5.57 Å². The molecule has 2 aliphatic rings. The van der Waals surface area contributed by atoms with Crippen LogP contribution < -0.4 is 5.32 Å². The molecule has 1 aliphatic heterocycles. The van der Waals surface area contributed by atoms with E-state index in [-0.39, 0.29) is 11.9 Å². The van der Waals surface area contributed by atoms with E-state index in [1.165, 1.54) is 16.7 Å². The number of hydrogen-bond acceptors (Lipinski definition) is 1. The van der Waals surface area contributed by atoms with Gasteiger partial charge in [0.05, 0.1) is 6.04 Å². The average molecular weight is 342 g/mol. The van der Waals surface area contributed by atoms with Gasteiger partial charge in [0.1, 0.15) is 5.83 Å². The number of hydrogen-bond donors (Lipinski definition) is 1. The number of rotatable bonds is 2. The van der Waals surface area contributed by atoms with Gasteiger partial charge in [0, 0.05) is 5.57 Å². The summed E-state index contributed by atoms with van der Waals surface area (Å²) in [6.45, 7) is 12.2. The van der Waals surface area contributed by atoms with E-state index in [1.807, 2.05) is 40.0 Å². The summed E-state index contributed by atoms with van der Waals surface area (Å²) in [5, 5.41) is 3.24. The Morgan fingerprint density at radius 3 is 2.12 bits per heavy atom. The highest BCUT2D eigenvalue weighted by molar-refractivity contribution is 5.76. The molecule has 1 atom stereocenters. The summed E-state index contributed by atoms with van der Waals surface area (Å²) in [6.07, 6.45) is 11.5. The average Bonchev–Trinajstić information content (AvgIpc) is 2.65. The standard InChI is InChI=1S/C19H20FN.2C2H6/c1-13-9-14(2)11-16(10-13)15-7-8-21-19(12-15)17-5-3-4-6-18(17)20;2*1-2/h5-12,19,21H,3-4H2,1-2H3;2*1-2H3. The van der Waals surface area contributed by atoms with Crippen molar-refractivity contribution < 1.29 is 4.39 Å². The Hall–Kier alpha value is -2.09. The van der Waals surface area contributed by atoms with Gasteiger partial charge in [-0.25, -0.2) is 4.39 Å². The molecule has 0 amide bonds. The molecule has 1 aromatic carbocycles. The Balaban J connectivity index is 0.000000730. The maximum atomic E-state index is 14.0. The van der Waals surface area contributed by atoms with Crippen LogP contribution in [0.15, 0.2) is 60.1 Å². The molecule has 2 heteroatoms. The molecular formula is C23H32FN. The molecule has 0 saturated carbocycles. The zero-order valence-electron chi connectivity index (χ0n) is 16.5. The molecule has 0 bridgehead atoms. The topological polar surface area (TPSA) is 12.0 Å². The Morgan fingerprint density at radius 1 is 0.920 bits per heavy atom. The quantitative estimate of drug-likeness (QED) is 0.624. The van der Waals surface area contributed by atoms with Crippen LogP contribution in [-0.4, -0.2) is 6.04 Å². The van der Waals surface area contributed by atoms with Gasteiger partial charge in [-0.3, -0.25) is 0 Å². The Bertz CT molecular complexity index is 657. The molecule has 0 aromatic heterocycles. The highest BCUT2D eigenvalue weighted by Gasteiger charge is 2.19. The zero-order valence-corrected chi connectivity index (χ0v) is 16.5. The van der Waals surface area contributed by atoms with Gasteiger partial charge in [-0.05, 0) is 62.3 Å². The molecule has 25 heavy (non-hydrogen) atoms. The van der Waals surface area contributed by atoms with Crippen LogP contribution in [0.25, 0.3) is 5.57 Å². The normalized spacial score (nSPS) is 18.4. The number of dihydropyridines is 1. The second-order valence-corrected chi connectivity index (χ2v) is 5.76. The van der Waals surface area contributed by atoms with Gasteiger partial charge in [-0.1, -0.05) is 63.1 Å². The van der Waals surface area contributed by atoms with E-state index in [4.69, 9.17) is 0 Å². The van der Waals surface area contributed by atoms with Crippen molar-refractivity contribution in [1.29, 1.82) is 0 Å². The van der Waals surface area contributed by atoms with Gasteiger partial charge in [-0.2, -0.15) is 0 Å². The van der Waals surface area contributed by atoms with E-state index in [1.54, 1.807) is 6.08 Å². The number of allylic oxidation sites excluding steroid dienone is 4. The molecule has 0 fully saturated rings. The number of halogens is 1. The molecular weight excluding hydrogens is 309 g/mol. The Kier molecular flexibility index (Phi) is 8.98. The molecule has 1 unspecified atom stereocenters. The molecule has 1 N–H and O–H groups in total. The lowest BCUT2D eigenvalue weighted by Crippen LogP contribution is -2.27. The molecule has 1 aromatic rings. The lowest BCUT2D eigenvalue weighted by molar-refractivity contribution is 0.605. The van der Waals surface area contributed by atoms with Gasteiger partial charge in [-0.15, -0.1) is 0 Å². The fourth-order valence-electron chi connectivity index (χ4n) is 2.98. The SMILES string of the molecule is CC.CC.Cc1cc(C)cc(C2=CC(C3=CCCC=C3F)NC=C2)c1. The summed E-state index contributed by atoms with van der Waals surface area (Å²) >= 11 is 0. The summed E-state index contributed by atoms with van der Waals surface area (Å²) in [6, 6.07) is 6.43. The first kappa shape index (κ1) is 21.0. The van der Waals surface area contributed by atoms with Crippen molar-refractivity contribution in [3.05, 3.63) is 76.8 Å². The number of benzene rings is 1. The van der Waals surface area contributed by atoms with Crippen LogP contribution in [0.5, 0.6) is 0 Å². The lowest BCUT2D eigenvalue weighted by atomic mass is 9.92. The molecule has 3 rings (SSSR count). The highest BCUT2D eigenvalue weighted by Crippen LogP contribution is 2.28. The van der Waals surface area contributed by atoms with E-state index in [0.29, 0.717) is 0 Å². The van der Waals surface area contributed by atoms with E-state index in [9.17, 15) is 4.39 Å². The lowest BCUT2D eigenvalue weighted by Gasteiger charge is -2.23. The summed E-state index contributed by atoms with van der Waals surface area (Å²) in [5.41, 5.74) is 5.59. The first-order valence-electron chi connectivity index (χ1n) is 9.42. The first-order valence-corrected chi connectivity index (χ1v) is 9.42. The van der Waals surface area contributed by atoms with Crippen molar-refractivity contribution in [3.63, 3.8) is 0 Å². The predicted molar refractivity (Wildman–Crippen MR) is 109 cm³/mol. The van der Waals surface area contributed by atoms with Gasteiger partial charge >= 0.3 is 0 Å². The van der Waals surface area contributed by atoms with E-state index < -0.39 is 0 Å². The van der Waals surface area contributed by atoms with Gasteiger partial charge in [0.25, 0.3) is 0 Å². The molecule has 0 spiro atoms. The van der Waals surface area contributed by atoms with Gasteiger partial charge in [0.2, 0.25) is 0 Å². The van der Waals surface area contributed by atoms with Crippen molar-refractivity contribution in [3.8, 4) is 0 Å². The van der Waals surface area contributed by atoms with Crippen LogP contribution in [0.2, 0.25) is 0 Å². The summed E-state index contributed by atoms with van der Waals surface area (Å²) < 4.78 is 14.0. The van der Waals surface area contributed by atoms with E-state index in [0.717, 1.165) is 24.0 Å². The van der Waals surface area contributed by atoms with E-state index >= 15 is 0 Å². The van der Waals surface area contributed by atoms with Crippen molar-refractivity contribution in [2.75, 3.05) is 0 Å². The number of aryl methyl sites for hydroxylation is 2. The Labute approximate surface area is 153 Å². The van der Waals surface area contributed by atoms with Crippen molar-refractivity contribution in [2.24, 2.45) is 0 Å². The predicted octanol–water partition coefficient (Wildman–Crippen LogP) is 6.80. The minimum Gasteiger partial charge on any atom is -0.380 e. The van der Waals surface area contributed by atoms with Crippen LogP contribution in [0, 0.1) is 13.8 Å². The molecule has 1 nitrogen and oxygen atoms in total. The van der Waals surface area contributed by atoms with Crippen LogP contribution in [0.4, 0.5) is 4.39 Å². The van der Waals surface area contributed by atoms with Gasteiger partial charge in [0.15, 0.2) is 0 Å². The fraction of sp³-hybridized carbons (Fsp3) is 0.391. The zero-order chi connectivity index (χ0) is 18.8. The smallest absolute Gasteiger partial charge is 0.124 e. The second kappa shape index (κ2) is 10.7. The van der Waals surface area contributed by atoms with Crippen molar-refractivity contribution in [1.82, 2.24) is 5.32 Å². The maximum absolute atomic E-state index is 14.0. The fourth-order valence-corrected chi connectivity index (χ4v) is 2.98. The molecule has 0 radical (unpaired) electrons. The molecule has 1 heterocycles. The molecule has 136 valence electrons. The van der Waals surface area contributed by atoms with Crippen LogP contribution in [0.3, 0.4) is 0 Å². The summed E-state index contributed by atoms with van der Waals surface area (Å²) in [5.74, 6) is -0.0925. The summed E-state index contributed by atoms with van der Waals surface area (Å²) in [4.78, 5) is 0. The second-order valence-electron chi connectivity index (χ2n) is 5.76. The minimum atomic E-state index is -0.0925. The molecule has 1 aliphatic carbocycles. The number of nitrogens with one attached hydrogen (secondary N) is 1. The highest BCUT2D eigenvalue weighted by atomic mass is 19.1. The van der Waals surface area contributed by atoms with Crippen molar-refractivity contribution in [2.45, 2.75) is 60.4 Å². The largest absolute Gasteiger partial charge is 0.380 e.